The Kier molecular flexibility index (Phi) is 6.03. The maximum absolute atomic E-state index is 10.2. The molecule has 4 rings (SSSR count). The number of nitrogens with zero attached hydrogens (tertiary/aromatic N) is 1. The molecule has 148 valence electrons. The topological polar surface area (TPSA) is 48.9 Å². The molecular weight excluding hydrogens is 415 g/mol. The van der Waals surface area contributed by atoms with E-state index in [9.17, 15) is 5.11 Å². The van der Waals surface area contributed by atoms with Crippen LogP contribution in [0.25, 0.3) is 35.7 Å². The van der Waals surface area contributed by atoms with Crippen molar-refractivity contribution >= 4 is 47.5 Å². The summed E-state index contributed by atoms with van der Waals surface area (Å²) in [7, 11) is 0. The highest BCUT2D eigenvalue weighted by Gasteiger charge is 2.11. The summed E-state index contributed by atoms with van der Waals surface area (Å²) in [5.74, 6) is 0.771. The SMILES string of the molecule is Oc1ccccc1-c1nc(/C=C/c2ccc(Cl)cc2)c(/C=C/c2ccc(Cl)cc2)[nH]1. The normalized spacial score (nSPS) is 11.5. The minimum absolute atomic E-state index is 0.174. The highest BCUT2D eigenvalue weighted by Crippen LogP contribution is 2.28. The van der Waals surface area contributed by atoms with Crippen LogP contribution in [0.5, 0.6) is 5.75 Å². The summed E-state index contributed by atoms with van der Waals surface area (Å²) in [5.41, 5.74) is 4.26. The van der Waals surface area contributed by atoms with E-state index in [4.69, 9.17) is 28.2 Å². The number of aromatic hydroxyl groups is 1. The Hall–Kier alpha value is -3.27. The molecule has 0 radical (unpaired) electrons. The lowest BCUT2D eigenvalue weighted by Gasteiger charge is -1.99. The van der Waals surface area contributed by atoms with Gasteiger partial charge in [-0.05, 0) is 59.7 Å². The molecule has 0 fully saturated rings. The van der Waals surface area contributed by atoms with Crippen LogP contribution in [0.3, 0.4) is 0 Å². The van der Waals surface area contributed by atoms with Gasteiger partial charge in [-0.2, -0.15) is 0 Å². The number of H-pyrrole nitrogens is 1. The standard InChI is InChI=1S/C25H18Cl2N2O/c26-19-11-5-17(6-12-19)9-15-22-23(16-10-18-7-13-20(27)14-8-18)29-25(28-22)21-3-1-2-4-24(21)30/h1-16,30H,(H,28,29)/b15-9+,16-10+. The fraction of sp³-hybridized carbons (Fsp3) is 0. The number of hydrogen-bond acceptors (Lipinski definition) is 2. The summed E-state index contributed by atoms with van der Waals surface area (Å²) in [6.07, 6.45) is 7.85. The van der Waals surface area contributed by atoms with E-state index in [1.807, 2.05) is 85.0 Å². The second kappa shape index (κ2) is 9.04. The number of hydrogen-bond donors (Lipinski definition) is 2. The molecule has 0 unspecified atom stereocenters. The first-order valence-corrected chi connectivity index (χ1v) is 10.1. The Morgan fingerprint density at radius 3 is 1.87 bits per heavy atom. The van der Waals surface area contributed by atoms with Crippen LogP contribution in [0.1, 0.15) is 22.5 Å². The quantitative estimate of drug-likeness (QED) is 0.344. The molecular formula is C25H18Cl2N2O. The van der Waals surface area contributed by atoms with Crippen molar-refractivity contribution in [2.75, 3.05) is 0 Å². The highest BCUT2D eigenvalue weighted by atomic mass is 35.5. The van der Waals surface area contributed by atoms with E-state index in [1.54, 1.807) is 12.1 Å². The molecule has 0 atom stereocenters. The van der Waals surface area contributed by atoms with Gasteiger partial charge in [0.2, 0.25) is 0 Å². The number of benzene rings is 3. The number of aromatic amines is 1. The third kappa shape index (κ3) is 4.82. The average Bonchev–Trinajstić information content (AvgIpc) is 3.16. The fourth-order valence-electron chi connectivity index (χ4n) is 2.96. The molecule has 3 nitrogen and oxygen atoms in total. The molecule has 1 heterocycles. The van der Waals surface area contributed by atoms with Gasteiger partial charge in [0.05, 0.1) is 17.0 Å². The van der Waals surface area contributed by atoms with Gasteiger partial charge in [-0.15, -0.1) is 0 Å². The second-order valence-electron chi connectivity index (χ2n) is 6.67. The van der Waals surface area contributed by atoms with E-state index in [2.05, 4.69) is 4.98 Å². The predicted molar refractivity (Wildman–Crippen MR) is 126 cm³/mol. The monoisotopic (exact) mass is 432 g/mol. The first-order valence-electron chi connectivity index (χ1n) is 9.34. The molecule has 3 aromatic carbocycles. The lowest BCUT2D eigenvalue weighted by molar-refractivity contribution is 0.477. The molecule has 0 aliphatic carbocycles. The lowest BCUT2D eigenvalue weighted by atomic mass is 10.1. The number of phenolic OH excluding ortho intramolecular Hbond substituents is 1. The third-order valence-electron chi connectivity index (χ3n) is 4.54. The zero-order valence-corrected chi connectivity index (χ0v) is 17.4. The second-order valence-corrected chi connectivity index (χ2v) is 7.54. The number of rotatable bonds is 5. The largest absolute Gasteiger partial charge is 0.507 e. The van der Waals surface area contributed by atoms with Gasteiger partial charge >= 0.3 is 0 Å². The Morgan fingerprint density at radius 2 is 1.27 bits per heavy atom. The third-order valence-corrected chi connectivity index (χ3v) is 5.04. The average molecular weight is 433 g/mol. The summed E-state index contributed by atoms with van der Waals surface area (Å²) >= 11 is 11.9. The molecule has 5 heteroatoms. The van der Waals surface area contributed by atoms with Crippen LogP contribution in [-0.2, 0) is 0 Å². The van der Waals surface area contributed by atoms with E-state index in [1.165, 1.54) is 0 Å². The Labute approximate surface area is 185 Å². The Morgan fingerprint density at radius 1 is 0.700 bits per heavy atom. The first kappa shape index (κ1) is 20.0. The zero-order chi connectivity index (χ0) is 20.9. The molecule has 0 amide bonds. The van der Waals surface area contributed by atoms with Crippen molar-refractivity contribution < 1.29 is 5.11 Å². The summed E-state index contributed by atoms with van der Waals surface area (Å²) in [4.78, 5) is 8.01. The van der Waals surface area contributed by atoms with E-state index in [-0.39, 0.29) is 5.75 Å². The predicted octanol–water partition coefficient (Wildman–Crippen LogP) is 7.43. The van der Waals surface area contributed by atoms with Crippen molar-refractivity contribution in [2.24, 2.45) is 0 Å². The van der Waals surface area contributed by atoms with Crippen molar-refractivity contribution in [1.29, 1.82) is 0 Å². The maximum Gasteiger partial charge on any atom is 0.142 e. The fourth-order valence-corrected chi connectivity index (χ4v) is 3.21. The minimum atomic E-state index is 0.174. The van der Waals surface area contributed by atoms with Crippen LogP contribution < -0.4 is 0 Å². The van der Waals surface area contributed by atoms with Gasteiger partial charge < -0.3 is 10.1 Å². The Balaban J connectivity index is 1.71. The van der Waals surface area contributed by atoms with Crippen LogP contribution in [-0.4, -0.2) is 15.1 Å². The van der Waals surface area contributed by atoms with Crippen molar-refractivity contribution in [3.63, 3.8) is 0 Å². The van der Waals surface area contributed by atoms with E-state index in [0.29, 0.717) is 21.4 Å². The van der Waals surface area contributed by atoms with Crippen molar-refractivity contribution in [3.05, 3.63) is 105 Å². The summed E-state index contributed by atoms with van der Waals surface area (Å²) in [5, 5.41) is 11.6. The minimum Gasteiger partial charge on any atom is -0.507 e. The molecule has 0 spiro atoms. The van der Waals surface area contributed by atoms with Gasteiger partial charge in [0.1, 0.15) is 11.6 Å². The number of phenols is 1. The number of imidazole rings is 1. The molecule has 0 saturated heterocycles. The number of halogens is 2. The van der Waals surface area contributed by atoms with Gasteiger partial charge in [0, 0.05) is 10.0 Å². The smallest absolute Gasteiger partial charge is 0.142 e. The van der Waals surface area contributed by atoms with Gasteiger partial charge in [0.25, 0.3) is 0 Å². The molecule has 4 aromatic rings. The van der Waals surface area contributed by atoms with Gasteiger partial charge in [-0.1, -0.05) is 71.8 Å². The highest BCUT2D eigenvalue weighted by molar-refractivity contribution is 6.30. The van der Waals surface area contributed by atoms with Crippen LogP contribution in [0, 0.1) is 0 Å². The van der Waals surface area contributed by atoms with Gasteiger partial charge in [-0.3, -0.25) is 0 Å². The van der Waals surface area contributed by atoms with Crippen molar-refractivity contribution in [3.8, 4) is 17.1 Å². The maximum atomic E-state index is 10.2. The van der Waals surface area contributed by atoms with Crippen LogP contribution in [0.15, 0.2) is 72.8 Å². The summed E-state index contributed by atoms with van der Waals surface area (Å²) < 4.78 is 0. The number of para-hydroxylation sites is 1. The Bertz CT molecular complexity index is 1130. The number of nitrogens with one attached hydrogen (secondary N) is 1. The van der Waals surface area contributed by atoms with E-state index >= 15 is 0 Å². The molecule has 0 saturated carbocycles. The first-order chi connectivity index (χ1) is 14.6. The van der Waals surface area contributed by atoms with E-state index in [0.717, 1.165) is 22.5 Å². The summed E-state index contributed by atoms with van der Waals surface area (Å²) in [6, 6.07) is 22.3. The molecule has 2 N–H and O–H groups in total. The lowest BCUT2D eigenvalue weighted by Crippen LogP contribution is -1.81. The van der Waals surface area contributed by atoms with Gasteiger partial charge in [-0.25, -0.2) is 4.98 Å². The number of aromatic nitrogens is 2. The molecule has 1 aromatic heterocycles. The van der Waals surface area contributed by atoms with Crippen LogP contribution >= 0.6 is 23.2 Å². The molecule has 0 bridgehead atoms. The van der Waals surface area contributed by atoms with Crippen molar-refractivity contribution in [2.45, 2.75) is 0 Å². The summed E-state index contributed by atoms with van der Waals surface area (Å²) in [6.45, 7) is 0. The molecule has 0 aliphatic rings. The van der Waals surface area contributed by atoms with Crippen LogP contribution in [0.2, 0.25) is 10.0 Å². The molecule has 0 aliphatic heterocycles. The van der Waals surface area contributed by atoms with E-state index < -0.39 is 0 Å². The van der Waals surface area contributed by atoms with Crippen LogP contribution in [0.4, 0.5) is 0 Å². The zero-order valence-electron chi connectivity index (χ0n) is 15.9. The van der Waals surface area contributed by atoms with Crippen molar-refractivity contribution in [1.82, 2.24) is 9.97 Å². The molecule has 30 heavy (non-hydrogen) atoms. The van der Waals surface area contributed by atoms with Gasteiger partial charge in [0.15, 0.2) is 0 Å².